The second-order valence-electron chi connectivity index (χ2n) is 8.17. The van der Waals surface area contributed by atoms with E-state index in [2.05, 4.69) is 52.9 Å². The van der Waals surface area contributed by atoms with E-state index in [1.54, 1.807) is 18.2 Å². The zero-order chi connectivity index (χ0) is 21.1. The minimum absolute atomic E-state index is 0.192. The van der Waals surface area contributed by atoms with Crippen molar-refractivity contribution in [3.63, 3.8) is 0 Å². The van der Waals surface area contributed by atoms with Crippen LogP contribution in [-0.4, -0.2) is 60.4 Å². The number of β-amino-alcohol motifs (C(OH)–C–C–N with tert-alkyl or cyclic N) is 1. The summed E-state index contributed by atoms with van der Waals surface area (Å²) in [5, 5.41) is 10.4. The minimum atomic E-state index is -0.587. The molecular weight excluding hydrogens is 382 g/mol. The van der Waals surface area contributed by atoms with Crippen molar-refractivity contribution in [2.75, 3.05) is 44.2 Å². The Morgan fingerprint density at radius 1 is 1.10 bits per heavy atom. The van der Waals surface area contributed by atoms with Crippen LogP contribution < -0.4 is 15.4 Å². The van der Waals surface area contributed by atoms with Gasteiger partial charge in [-0.3, -0.25) is 9.88 Å². The predicted octanol–water partition coefficient (Wildman–Crippen LogP) is 2.81. The summed E-state index contributed by atoms with van der Waals surface area (Å²) in [6, 6.07) is 14.0. The Morgan fingerprint density at radius 3 is 2.53 bits per heavy atom. The second kappa shape index (κ2) is 8.93. The number of rotatable bonds is 7. The molecule has 7 nitrogen and oxygen atoms in total. The number of fused-ring (bicyclic) bond motifs is 1. The summed E-state index contributed by atoms with van der Waals surface area (Å²) in [6.45, 7) is 8.87. The van der Waals surface area contributed by atoms with E-state index in [0.29, 0.717) is 29.3 Å². The Bertz CT molecular complexity index is 1020. The molecule has 1 saturated heterocycles. The second-order valence-corrected chi connectivity index (χ2v) is 8.17. The van der Waals surface area contributed by atoms with Gasteiger partial charge in [0, 0.05) is 44.5 Å². The molecule has 1 atom stereocenters. The number of anilines is 1. The van der Waals surface area contributed by atoms with E-state index < -0.39 is 11.9 Å². The fraction of sp³-hybridized carbons (Fsp3) is 0.435. The van der Waals surface area contributed by atoms with Gasteiger partial charge in [-0.25, -0.2) is 4.79 Å². The van der Waals surface area contributed by atoms with Crippen LogP contribution in [0.2, 0.25) is 0 Å². The van der Waals surface area contributed by atoms with E-state index in [9.17, 15) is 9.90 Å². The predicted molar refractivity (Wildman–Crippen MR) is 118 cm³/mol. The third kappa shape index (κ3) is 4.86. The van der Waals surface area contributed by atoms with Gasteiger partial charge in [0.1, 0.15) is 18.5 Å². The molecule has 4 rings (SSSR count). The van der Waals surface area contributed by atoms with Crippen molar-refractivity contribution in [1.82, 2.24) is 9.88 Å². The number of hydrogen-bond donors (Lipinski definition) is 2. The number of hydrogen-bond acceptors (Lipinski definition) is 6. The number of nitrogens with zero attached hydrogens (tertiary/aromatic N) is 2. The van der Waals surface area contributed by atoms with E-state index >= 15 is 0 Å². The van der Waals surface area contributed by atoms with Gasteiger partial charge in [-0.1, -0.05) is 26.0 Å². The average molecular weight is 412 g/mol. The van der Waals surface area contributed by atoms with Crippen molar-refractivity contribution >= 4 is 16.8 Å². The van der Waals surface area contributed by atoms with Gasteiger partial charge in [-0.05, 0) is 35.7 Å². The number of oxazole rings is 1. The molecule has 0 radical (unpaired) electrons. The molecule has 1 aromatic heterocycles. The molecule has 2 N–H and O–H groups in total. The maximum atomic E-state index is 11.2. The first-order chi connectivity index (χ1) is 14.5. The van der Waals surface area contributed by atoms with Gasteiger partial charge in [0.15, 0.2) is 5.58 Å². The Hall–Kier alpha value is -2.77. The molecule has 0 spiro atoms. The number of aliphatic hydroxyl groups excluding tert-OH is 1. The van der Waals surface area contributed by atoms with Gasteiger partial charge in [-0.2, -0.15) is 0 Å². The van der Waals surface area contributed by atoms with Crippen LogP contribution in [0.3, 0.4) is 0 Å². The van der Waals surface area contributed by atoms with Crippen LogP contribution in [0.5, 0.6) is 5.75 Å². The van der Waals surface area contributed by atoms with Crippen LogP contribution in [-0.2, 0) is 0 Å². The summed E-state index contributed by atoms with van der Waals surface area (Å²) in [7, 11) is 0. The third-order valence-corrected chi connectivity index (χ3v) is 5.60. The van der Waals surface area contributed by atoms with Crippen LogP contribution in [0.25, 0.3) is 11.1 Å². The first kappa shape index (κ1) is 20.5. The molecule has 7 heteroatoms. The third-order valence-electron chi connectivity index (χ3n) is 5.60. The zero-order valence-electron chi connectivity index (χ0n) is 17.5. The lowest BCUT2D eigenvalue weighted by atomic mass is 10.0. The molecule has 0 saturated carbocycles. The molecule has 2 aromatic carbocycles. The van der Waals surface area contributed by atoms with Crippen LogP contribution >= 0.6 is 0 Å². The molecule has 1 aliphatic rings. The number of piperazine rings is 1. The minimum Gasteiger partial charge on any atom is -0.491 e. The number of ether oxygens (including phenoxy) is 1. The molecular formula is C23H29N3O4. The van der Waals surface area contributed by atoms with Crippen LogP contribution in [0, 0.1) is 0 Å². The summed E-state index contributed by atoms with van der Waals surface area (Å²) in [4.78, 5) is 18.5. The monoisotopic (exact) mass is 411 g/mol. The summed E-state index contributed by atoms with van der Waals surface area (Å²) in [5.41, 5.74) is 3.70. The lowest BCUT2D eigenvalue weighted by molar-refractivity contribution is 0.0663. The van der Waals surface area contributed by atoms with Gasteiger partial charge in [0.05, 0.1) is 5.52 Å². The molecule has 0 unspecified atom stereocenters. The van der Waals surface area contributed by atoms with Gasteiger partial charge in [-0.15, -0.1) is 0 Å². The zero-order valence-corrected chi connectivity index (χ0v) is 17.5. The maximum Gasteiger partial charge on any atom is 0.417 e. The highest BCUT2D eigenvalue weighted by Gasteiger charge is 2.20. The fourth-order valence-corrected chi connectivity index (χ4v) is 3.82. The van der Waals surface area contributed by atoms with E-state index in [0.717, 1.165) is 26.2 Å². The molecule has 0 bridgehead atoms. The number of H-pyrrole nitrogens is 1. The first-order valence-corrected chi connectivity index (χ1v) is 10.5. The number of aromatic amines is 1. The summed E-state index contributed by atoms with van der Waals surface area (Å²) in [5.74, 6) is 0.624. The van der Waals surface area contributed by atoms with E-state index in [-0.39, 0.29) is 6.61 Å². The van der Waals surface area contributed by atoms with Crippen molar-refractivity contribution in [2.24, 2.45) is 0 Å². The molecule has 3 aromatic rings. The van der Waals surface area contributed by atoms with Crippen LogP contribution in [0.1, 0.15) is 25.3 Å². The normalized spacial score (nSPS) is 16.3. The van der Waals surface area contributed by atoms with Crippen molar-refractivity contribution < 1.29 is 14.3 Å². The average Bonchev–Trinajstić information content (AvgIpc) is 3.12. The molecule has 30 heavy (non-hydrogen) atoms. The van der Waals surface area contributed by atoms with Crippen molar-refractivity contribution in [3.05, 3.63) is 58.6 Å². The van der Waals surface area contributed by atoms with Gasteiger partial charge < -0.3 is 19.2 Å². The molecule has 0 aliphatic carbocycles. The van der Waals surface area contributed by atoms with Crippen LogP contribution in [0.4, 0.5) is 5.69 Å². The quantitative estimate of drug-likeness (QED) is 0.622. The smallest absolute Gasteiger partial charge is 0.417 e. The van der Waals surface area contributed by atoms with Crippen LogP contribution in [0.15, 0.2) is 51.7 Å². The largest absolute Gasteiger partial charge is 0.491 e. The number of benzene rings is 2. The van der Waals surface area contributed by atoms with Gasteiger partial charge in [0.25, 0.3) is 0 Å². The molecule has 1 fully saturated rings. The Morgan fingerprint density at radius 2 is 1.83 bits per heavy atom. The summed E-state index contributed by atoms with van der Waals surface area (Å²) < 4.78 is 10.7. The highest BCUT2D eigenvalue weighted by Crippen LogP contribution is 2.22. The van der Waals surface area contributed by atoms with Crippen molar-refractivity contribution in [2.45, 2.75) is 25.9 Å². The topological polar surface area (TPSA) is 81.9 Å². The van der Waals surface area contributed by atoms with Crippen molar-refractivity contribution in [1.29, 1.82) is 0 Å². The standard InChI is InChI=1S/C23H29N3O4/c1-16(2)17-3-5-18(6-4-17)26-11-9-25(10-12-26)14-19(27)15-29-20-7-8-21-22(13-20)30-23(28)24-21/h3-8,13,16,19,27H,9-12,14-15H2,1-2H3,(H,24,28)/t19-/m0/s1. The van der Waals surface area contributed by atoms with E-state index in [1.165, 1.54) is 11.3 Å². The summed E-state index contributed by atoms with van der Waals surface area (Å²) in [6.07, 6.45) is -0.587. The highest BCUT2D eigenvalue weighted by molar-refractivity contribution is 5.73. The van der Waals surface area contributed by atoms with Gasteiger partial charge >= 0.3 is 5.76 Å². The SMILES string of the molecule is CC(C)c1ccc(N2CCN(C[C@H](O)COc3ccc4[nH]c(=O)oc4c3)CC2)cc1. The van der Waals surface area contributed by atoms with E-state index in [4.69, 9.17) is 9.15 Å². The molecule has 0 amide bonds. The van der Waals surface area contributed by atoms with E-state index in [1.807, 2.05) is 0 Å². The highest BCUT2D eigenvalue weighted by atomic mass is 16.5. The van der Waals surface area contributed by atoms with Gasteiger partial charge in [0.2, 0.25) is 0 Å². The maximum absolute atomic E-state index is 11.2. The first-order valence-electron chi connectivity index (χ1n) is 10.5. The lowest BCUT2D eigenvalue weighted by Crippen LogP contribution is -2.49. The fourth-order valence-electron chi connectivity index (χ4n) is 3.82. The Labute approximate surface area is 175 Å². The number of aromatic nitrogens is 1. The van der Waals surface area contributed by atoms with Crippen molar-refractivity contribution in [3.8, 4) is 5.75 Å². The summed E-state index contributed by atoms with van der Waals surface area (Å²) >= 11 is 0. The Balaban J connectivity index is 1.23. The molecule has 160 valence electrons. The lowest BCUT2D eigenvalue weighted by Gasteiger charge is -2.37. The number of aliphatic hydroxyl groups is 1. The Kier molecular flexibility index (Phi) is 6.11. The molecule has 1 aliphatic heterocycles. The molecule has 2 heterocycles. The number of nitrogens with one attached hydrogen (secondary N) is 1.